The average Bonchev–Trinajstić information content (AvgIpc) is 3.39. The zero-order valence-electron chi connectivity index (χ0n) is 13.1. The number of rotatable bonds is 5. The van der Waals surface area contributed by atoms with Gasteiger partial charge in [0.15, 0.2) is 5.69 Å². The van der Waals surface area contributed by atoms with Crippen LogP contribution in [0.15, 0.2) is 35.1 Å². The Morgan fingerprint density at radius 3 is 2.71 bits per heavy atom. The Hall–Kier alpha value is -1.86. The van der Waals surface area contributed by atoms with Crippen LogP contribution in [0.5, 0.6) is 0 Å². The van der Waals surface area contributed by atoms with E-state index in [4.69, 9.17) is 0 Å². The molecule has 3 rings (SSSR count). The molecule has 1 amide bonds. The summed E-state index contributed by atoms with van der Waals surface area (Å²) in [4.78, 5) is 20.8. The summed E-state index contributed by atoms with van der Waals surface area (Å²) in [5.41, 5.74) is 0.348. The predicted octanol–water partition coefficient (Wildman–Crippen LogP) is 2.94. The molecule has 1 aromatic carbocycles. The van der Waals surface area contributed by atoms with Crippen LogP contribution in [0.3, 0.4) is 0 Å². The topological polar surface area (TPSA) is 75.1 Å². The van der Waals surface area contributed by atoms with Crippen LogP contribution < -0.4 is 5.32 Å². The van der Waals surface area contributed by atoms with Crippen LogP contribution in [0.4, 0.5) is 4.39 Å². The van der Waals surface area contributed by atoms with E-state index in [0.29, 0.717) is 15.9 Å². The zero-order valence-corrected chi connectivity index (χ0v) is 14.7. The predicted molar refractivity (Wildman–Crippen MR) is 90.8 cm³/mol. The van der Waals surface area contributed by atoms with Crippen molar-refractivity contribution in [3.05, 3.63) is 46.6 Å². The van der Waals surface area contributed by atoms with Gasteiger partial charge in [0.25, 0.3) is 5.91 Å². The van der Waals surface area contributed by atoms with E-state index in [9.17, 15) is 14.3 Å². The lowest BCUT2D eigenvalue weighted by atomic mass is 10.0. The van der Waals surface area contributed by atoms with Crippen LogP contribution in [0.1, 0.15) is 30.3 Å². The highest BCUT2D eigenvalue weighted by Crippen LogP contribution is 2.39. The molecule has 24 heavy (non-hydrogen) atoms. The fraction of sp³-hybridized carbons (Fsp3) is 0.353. The molecular weight excluding hydrogens is 377 g/mol. The van der Waals surface area contributed by atoms with Crippen molar-refractivity contribution in [1.29, 1.82) is 0 Å². The standard InChI is InChI=1S/C17H17BrFN3O2/c1-17(24,11-4-5-11)9-21-16(23)14-15(18)20-8-13(22-14)10-2-6-12(19)7-3-10/h2-3,6-8,11,24H,4-5,9H2,1H3,(H,21,23)/t17-/m1/s1. The quantitative estimate of drug-likeness (QED) is 0.818. The van der Waals surface area contributed by atoms with Crippen molar-refractivity contribution < 1.29 is 14.3 Å². The smallest absolute Gasteiger partial charge is 0.272 e. The lowest BCUT2D eigenvalue weighted by Crippen LogP contribution is -2.42. The monoisotopic (exact) mass is 393 g/mol. The molecule has 0 saturated heterocycles. The number of nitrogens with zero attached hydrogens (tertiary/aromatic N) is 2. The van der Waals surface area contributed by atoms with Crippen LogP contribution in [0, 0.1) is 11.7 Å². The molecule has 2 N–H and O–H groups in total. The molecule has 0 spiro atoms. The minimum atomic E-state index is -0.913. The van der Waals surface area contributed by atoms with Gasteiger partial charge in [0, 0.05) is 12.1 Å². The Kier molecular flexibility index (Phi) is 4.64. The summed E-state index contributed by atoms with van der Waals surface area (Å²) in [5.74, 6) is -0.527. The molecule has 1 heterocycles. The molecule has 1 aliphatic rings. The molecular formula is C17H17BrFN3O2. The highest BCUT2D eigenvalue weighted by Gasteiger charge is 2.40. The third kappa shape index (κ3) is 3.79. The van der Waals surface area contributed by atoms with Crippen LogP contribution >= 0.6 is 15.9 Å². The molecule has 126 valence electrons. The molecule has 1 aromatic heterocycles. The number of halogens is 2. The number of nitrogens with one attached hydrogen (secondary N) is 1. The summed E-state index contributed by atoms with van der Waals surface area (Å²) in [6.07, 6.45) is 3.47. The Labute approximate surface area is 147 Å². The maximum atomic E-state index is 13.0. The Balaban J connectivity index is 1.78. The first-order valence-corrected chi connectivity index (χ1v) is 8.45. The number of aromatic nitrogens is 2. The van der Waals surface area contributed by atoms with Gasteiger partial charge in [-0.25, -0.2) is 14.4 Å². The van der Waals surface area contributed by atoms with Gasteiger partial charge in [0.1, 0.15) is 10.4 Å². The highest BCUT2D eigenvalue weighted by atomic mass is 79.9. The maximum Gasteiger partial charge on any atom is 0.272 e. The van der Waals surface area contributed by atoms with Gasteiger partial charge >= 0.3 is 0 Å². The van der Waals surface area contributed by atoms with Crippen molar-refractivity contribution in [2.75, 3.05) is 6.54 Å². The van der Waals surface area contributed by atoms with Crippen molar-refractivity contribution in [2.24, 2.45) is 5.92 Å². The van der Waals surface area contributed by atoms with Crippen molar-refractivity contribution in [3.8, 4) is 11.3 Å². The summed E-state index contributed by atoms with van der Waals surface area (Å²) in [7, 11) is 0. The van der Waals surface area contributed by atoms with E-state index in [1.54, 1.807) is 19.1 Å². The van der Waals surface area contributed by atoms with Gasteiger partial charge in [0.2, 0.25) is 0 Å². The normalized spacial score (nSPS) is 16.5. The van der Waals surface area contributed by atoms with E-state index in [0.717, 1.165) is 12.8 Å². The molecule has 1 atom stereocenters. The zero-order chi connectivity index (χ0) is 17.3. The minimum Gasteiger partial charge on any atom is -0.388 e. The third-order valence-corrected chi connectivity index (χ3v) is 4.73. The van der Waals surface area contributed by atoms with Gasteiger partial charge in [-0.05, 0) is 65.9 Å². The molecule has 1 aliphatic carbocycles. The van der Waals surface area contributed by atoms with E-state index in [2.05, 4.69) is 31.2 Å². The number of hydrogen-bond acceptors (Lipinski definition) is 4. The summed E-state index contributed by atoms with van der Waals surface area (Å²) in [5, 5.41) is 13.0. The second kappa shape index (κ2) is 6.57. The lowest BCUT2D eigenvalue weighted by Gasteiger charge is -2.23. The van der Waals surface area contributed by atoms with Crippen LogP contribution in [-0.4, -0.2) is 33.1 Å². The molecule has 1 fully saturated rings. The van der Waals surface area contributed by atoms with Crippen molar-refractivity contribution in [1.82, 2.24) is 15.3 Å². The van der Waals surface area contributed by atoms with Crippen molar-refractivity contribution in [3.63, 3.8) is 0 Å². The van der Waals surface area contributed by atoms with Gasteiger partial charge in [-0.15, -0.1) is 0 Å². The first kappa shape index (κ1) is 17.0. The molecule has 0 radical (unpaired) electrons. The minimum absolute atomic E-state index is 0.128. The average molecular weight is 394 g/mol. The number of carbonyl (C=O) groups excluding carboxylic acids is 1. The highest BCUT2D eigenvalue weighted by molar-refractivity contribution is 9.10. The van der Waals surface area contributed by atoms with Crippen molar-refractivity contribution in [2.45, 2.75) is 25.4 Å². The van der Waals surface area contributed by atoms with E-state index in [-0.39, 0.29) is 24.0 Å². The number of aliphatic hydroxyl groups is 1. The number of benzene rings is 1. The summed E-state index contributed by atoms with van der Waals surface area (Å²) in [6.45, 7) is 1.88. The Morgan fingerprint density at radius 2 is 2.08 bits per heavy atom. The molecule has 5 nitrogen and oxygen atoms in total. The first-order chi connectivity index (χ1) is 11.4. The maximum absolute atomic E-state index is 13.0. The largest absolute Gasteiger partial charge is 0.388 e. The number of hydrogen-bond donors (Lipinski definition) is 2. The van der Waals surface area contributed by atoms with Crippen LogP contribution in [-0.2, 0) is 0 Å². The van der Waals surface area contributed by atoms with Gasteiger partial charge in [-0.2, -0.15) is 0 Å². The lowest BCUT2D eigenvalue weighted by molar-refractivity contribution is 0.0353. The molecule has 0 aliphatic heterocycles. The summed E-state index contributed by atoms with van der Waals surface area (Å²) in [6, 6.07) is 5.80. The molecule has 1 saturated carbocycles. The molecule has 0 bridgehead atoms. The van der Waals surface area contributed by atoms with Gasteiger partial charge in [-0.3, -0.25) is 4.79 Å². The van der Waals surface area contributed by atoms with E-state index in [1.165, 1.54) is 18.3 Å². The van der Waals surface area contributed by atoms with E-state index >= 15 is 0 Å². The fourth-order valence-corrected chi connectivity index (χ4v) is 2.84. The van der Waals surface area contributed by atoms with Crippen LogP contribution in [0.25, 0.3) is 11.3 Å². The second-order valence-corrected chi connectivity index (χ2v) is 6.97. The molecule has 7 heteroatoms. The number of amides is 1. The third-order valence-electron chi connectivity index (χ3n) is 4.15. The van der Waals surface area contributed by atoms with E-state index in [1.807, 2.05) is 0 Å². The SMILES string of the molecule is C[C@@](O)(CNC(=O)c1nc(-c2ccc(F)cc2)cnc1Br)C1CC1. The molecule has 0 unspecified atom stereocenters. The Morgan fingerprint density at radius 1 is 1.42 bits per heavy atom. The second-order valence-electron chi connectivity index (χ2n) is 6.22. The summed E-state index contributed by atoms with van der Waals surface area (Å²) < 4.78 is 13.3. The van der Waals surface area contributed by atoms with Crippen molar-refractivity contribution >= 4 is 21.8 Å². The number of carbonyl (C=O) groups is 1. The Bertz CT molecular complexity index is 761. The van der Waals surface area contributed by atoms with E-state index < -0.39 is 11.5 Å². The first-order valence-electron chi connectivity index (χ1n) is 7.66. The summed E-state index contributed by atoms with van der Waals surface area (Å²) >= 11 is 3.22. The molecule has 2 aromatic rings. The van der Waals surface area contributed by atoms with Crippen LogP contribution in [0.2, 0.25) is 0 Å². The van der Waals surface area contributed by atoms with Gasteiger partial charge < -0.3 is 10.4 Å². The van der Waals surface area contributed by atoms with Gasteiger partial charge in [-0.1, -0.05) is 0 Å². The van der Waals surface area contributed by atoms with Gasteiger partial charge in [0.05, 0.1) is 17.5 Å². The fourth-order valence-electron chi connectivity index (χ4n) is 2.47.